The second-order valence-corrected chi connectivity index (χ2v) is 7.79. The monoisotopic (exact) mass is 317 g/mol. The second kappa shape index (κ2) is 6.32. The maximum atomic E-state index is 12.7. The van der Waals surface area contributed by atoms with E-state index in [1.165, 1.54) is 6.42 Å². The molecule has 3 rings (SSSR count). The van der Waals surface area contributed by atoms with Crippen LogP contribution in [0, 0.1) is 11.8 Å². The lowest BCUT2D eigenvalue weighted by molar-refractivity contribution is -0.132. The van der Waals surface area contributed by atoms with Crippen molar-refractivity contribution in [2.45, 2.75) is 37.6 Å². The van der Waals surface area contributed by atoms with Crippen LogP contribution in [0.15, 0.2) is 35.7 Å². The Morgan fingerprint density at radius 1 is 1.32 bits per heavy atom. The molecule has 0 radical (unpaired) electrons. The number of carbonyl (C=O) groups is 1. The van der Waals surface area contributed by atoms with Gasteiger partial charge in [-0.15, -0.1) is 0 Å². The molecule has 0 N–H and O–H groups in total. The van der Waals surface area contributed by atoms with E-state index in [4.69, 9.17) is 0 Å². The number of aromatic nitrogens is 2. The van der Waals surface area contributed by atoms with Crippen molar-refractivity contribution in [1.82, 2.24) is 14.3 Å². The van der Waals surface area contributed by atoms with Crippen LogP contribution >= 0.6 is 11.8 Å². The minimum atomic E-state index is -0.108. The fraction of sp³-hybridized carbons (Fsp3) is 0.529. The maximum Gasteiger partial charge on any atom is 0.235 e. The molecule has 0 bridgehead atoms. The predicted molar refractivity (Wildman–Crippen MR) is 90.0 cm³/mol. The Morgan fingerprint density at radius 2 is 2.05 bits per heavy atom. The molecule has 1 amide bonds. The first-order valence-corrected chi connectivity index (χ1v) is 8.80. The number of pyridine rings is 1. The molecule has 1 fully saturated rings. The van der Waals surface area contributed by atoms with E-state index in [0.717, 1.165) is 23.8 Å². The Balaban J connectivity index is 1.71. The Bertz CT molecular complexity index is 659. The van der Waals surface area contributed by atoms with Crippen molar-refractivity contribution in [2.75, 3.05) is 13.1 Å². The molecule has 118 valence electrons. The first-order chi connectivity index (χ1) is 10.5. The molecule has 5 heteroatoms. The summed E-state index contributed by atoms with van der Waals surface area (Å²) in [6, 6.07) is 6.01. The van der Waals surface area contributed by atoms with Crippen LogP contribution in [0.3, 0.4) is 0 Å². The molecule has 1 aliphatic rings. The van der Waals surface area contributed by atoms with E-state index in [2.05, 4.69) is 18.8 Å². The smallest absolute Gasteiger partial charge is 0.235 e. The lowest BCUT2D eigenvalue weighted by Gasteiger charge is -2.36. The molecule has 0 saturated carbocycles. The van der Waals surface area contributed by atoms with E-state index >= 15 is 0 Å². The van der Waals surface area contributed by atoms with E-state index in [1.807, 2.05) is 46.8 Å². The van der Waals surface area contributed by atoms with Crippen LogP contribution in [0.2, 0.25) is 0 Å². The number of nitrogens with zero attached hydrogens (tertiary/aromatic N) is 3. The van der Waals surface area contributed by atoms with Crippen molar-refractivity contribution in [2.24, 2.45) is 11.8 Å². The summed E-state index contributed by atoms with van der Waals surface area (Å²) < 4.78 is 2.04. The van der Waals surface area contributed by atoms with Gasteiger partial charge in [0.05, 0.1) is 17.0 Å². The van der Waals surface area contributed by atoms with Gasteiger partial charge < -0.3 is 4.90 Å². The third kappa shape index (κ3) is 3.14. The van der Waals surface area contributed by atoms with Crippen LogP contribution in [0.25, 0.3) is 5.52 Å². The maximum absolute atomic E-state index is 12.7. The quantitative estimate of drug-likeness (QED) is 0.815. The van der Waals surface area contributed by atoms with Crippen molar-refractivity contribution >= 4 is 23.2 Å². The second-order valence-electron chi connectivity index (χ2n) is 6.49. The minimum absolute atomic E-state index is 0.108. The van der Waals surface area contributed by atoms with Crippen LogP contribution in [-0.4, -0.2) is 38.5 Å². The van der Waals surface area contributed by atoms with Crippen LogP contribution in [-0.2, 0) is 4.79 Å². The van der Waals surface area contributed by atoms with Gasteiger partial charge in [-0.05, 0) is 37.3 Å². The lowest BCUT2D eigenvalue weighted by atomic mass is 9.92. The van der Waals surface area contributed by atoms with Gasteiger partial charge in [0, 0.05) is 19.3 Å². The standard InChI is InChI=1S/C17H23N3OS/c1-12-8-13(2)11-19(10-12)16(21)14(3)22-17-18-9-15-6-4-5-7-20(15)17/h4-7,9,12-14H,8,10-11H2,1-3H3. The molecule has 4 nitrogen and oxygen atoms in total. The van der Waals surface area contributed by atoms with Gasteiger partial charge in [0.1, 0.15) is 0 Å². The number of imidazole rings is 1. The number of hydrogen-bond acceptors (Lipinski definition) is 3. The van der Waals surface area contributed by atoms with Gasteiger partial charge in [0.2, 0.25) is 5.91 Å². The SMILES string of the molecule is CC1CC(C)CN(C(=O)C(C)Sc2ncc3ccccn23)C1. The summed E-state index contributed by atoms with van der Waals surface area (Å²) in [5.41, 5.74) is 1.06. The van der Waals surface area contributed by atoms with Gasteiger partial charge in [0.15, 0.2) is 5.16 Å². The molecule has 3 atom stereocenters. The number of piperidine rings is 1. The van der Waals surface area contributed by atoms with Crippen LogP contribution in [0.5, 0.6) is 0 Å². The third-order valence-corrected chi connectivity index (χ3v) is 5.28. The molecular weight excluding hydrogens is 294 g/mol. The van der Waals surface area contributed by atoms with Gasteiger partial charge >= 0.3 is 0 Å². The van der Waals surface area contributed by atoms with E-state index in [0.29, 0.717) is 11.8 Å². The number of fused-ring (bicyclic) bond motifs is 1. The molecule has 0 aromatic carbocycles. The van der Waals surface area contributed by atoms with Crippen LogP contribution in [0.1, 0.15) is 27.2 Å². The summed E-state index contributed by atoms with van der Waals surface area (Å²) in [4.78, 5) is 19.2. The van der Waals surface area contributed by atoms with Crippen molar-refractivity contribution in [3.8, 4) is 0 Å². The molecule has 1 aliphatic heterocycles. The zero-order valence-corrected chi connectivity index (χ0v) is 14.2. The number of hydrogen-bond donors (Lipinski definition) is 0. The van der Waals surface area contributed by atoms with Crippen molar-refractivity contribution in [1.29, 1.82) is 0 Å². The fourth-order valence-corrected chi connectivity index (χ4v) is 4.27. The predicted octanol–water partition coefficient (Wildman–Crippen LogP) is 3.32. The van der Waals surface area contributed by atoms with Crippen molar-refractivity contribution in [3.63, 3.8) is 0 Å². The Labute approximate surface area is 135 Å². The van der Waals surface area contributed by atoms with E-state index < -0.39 is 0 Å². The van der Waals surface area contributed by atoms with E-state index in [1.54, 1.807) is 11.8 Å². The summed E-state index contributed by atoms with van der Waals surface area (Å²) in [6.07, 6.45) is 5.06. The van der Waals surface area contributed by atoms with Crippen LogP contribution in [0.4, 0.5) is 0 Å². The minimum Gasteiger partial charge on any atom is -0.341 e. The first kappa shape index (κ1) is 15.4. The zero-order chi connectivity index (χ0) is 15.7. The average Bonchev–Trinajstić information content (AvgIpc) is 2.89. The Morgan fingerprint density at radius 3 is 2.77 bits per heavy atom. The summed E-state index contributed by atoms with van der Waals surface area (Å²) in [5, 5.41) is 0.776. The fourth-order valence-electron chi connectivity index (χ4n) is 3.31. The molecule has 2 aromatic heterocycles. The number of carbonyl (C=O) groups excluding carboxylic acids is 1. The molecule has 0 aliphatic carbocycles. The highest BCUT2D eigenvalue weighted by molar-refractivity contribution is 8.00. The van der Waals surface area contributed by atoms with Gasteiger partial charge in [-0.1, -0.05) is 31.7 Å². The third-order valence-electron chi connectivity index (χ3n) is 4.22. The van der Waals surface area contributed by atoms with Crippen LogP contribution < -0.4 is 0 Å². The largest absolute Gasteiger partial charge is 0.341 e. The summed E-state index contributed by atoms with van der Waals surface area (Å²) in [5.74, 6) is 1.42. The first-order valence-electron chi connectivity index (χ1n) is 7.92. The van der Waals surface area contributed by atoms with Gasteiger partial charge in [-0.25, -0.2) is 4.98 Å². The number of likely N-dealkylation sites (tertiary alicyclic amines) is 1. The number of thioether (sulfide) groups is 1. The molecule has 0 spiro atoms. The zero-order valence-electron chi connectivity index (χ0n) is 13.4. The molecule has 1 saturated heterocycles. The summed E-state index contributed by atoms with van der Waals surface area (Å²) in [7, 11) is 0. The number of amides is 1. The molecular formula is C17H23N3OS. The van der Waals surface area contributed by atoms with Crippen molar-refractivity contribution in [3.05, 3.63) is 30.6 Å². The van der Waals surface area contributed by atoms with Gasteiger partial charge in [0.25, 0.3) is 0 Å². The Kier molecular flexibility index (Phi) is 4.43. The number of rotatable bonds is 3. The Hall–Kier alpha value is -1.49. The highest BCUT2D eigenvalue weighted by Gasteiger charge is 2.29. The average molecular weight is 317 g/mol. The highest BCUT2D eigenvalue weighted by atomic mass is 32.2. The summed E-state index contributed by atoms with van der Waals surface area (Å²) >= 11 is 1.54. The molecule has 3 heterocycles. The topological polar surface area (TPSA) is 37.6 Å². The normalized spacial score (nSPS) is 23.7. The summed E-state index contributed by atoms with van der Waals surface area (Å²) in [6.45, 7) is 8.22. The van der Waals surface area contributed by atoms with Gasteiger partial charge in [-0.3, -0.25) is 9.20 Å². The molecule has 2 aromatic rings. The molecule has 22 heavy (non-hydrogen) atoms. The van der Waals surface area contributed by atoms with Crippen molar-refractivity contribution < 1.29 is 4.79 Å². The van der Waals surface area contributed by atoms with E-state index in [9.17, 15) is 4.79 Å². The van der Waals surface area contributed by atoms with E-state index in [-0.39, 0.29) is 11.2 Å². The lowest BCUT2D eigenvalue weighted by Crippen LogP contribution is -2.45. The molecule has 3 unspecified atom stereocenters. The van der Waals surface area contributed by atoms with Gasteiger partial charge in [-0.2, -0.15) is 0 Å². The highest BCUT2D eigenvalue weighted by Crippen LogP contribution is 2.27.